The van der Waals surface area contributed by atoms with Crippen molar-refractivity contribution < 1.29 is 23.8 Å². The van der Waals surface area contributed by atoms with Crippen LogP contribution in [0.5, 0.6) is 0 Å². The van der Waals surface area contributed by atoms with Gasteiger partial charge in [0.2, 0.25) is 0 Å². The summed E-state index contributed by atoms with van der Waals surface area (Å²) in [7, 11) is 0. The number of benzene rings is 5. The van der Waals surface area contributed by atoms with Gasteiger partial charge in [0.25, 0.3) is 0 Å². The molecule has 0 saturated carbocycles. The number of hydrogen-bond donors (Lipinski definition) is 2. The molecule has 1 aromatic heterocycles. The highest BCUT2D eigenvalue weighted by Crippen LogP contribution is 2.44. The number of halogens is 2. The van der Waals surface area contributed by atoms with Gasteiger partial charge in [0, 0.05) is 45.2 Å². The molecule has 5 aromatic carbocycles. The summed E-state index contributed by atoms with van der Waals surface area (Å²) in [5.41, 5.74) is 6.71. The summed E-state index contributed by atoms with van der Waals surface area (Å²) in [5, 5.41) is 14.1. The lowest BCUT2D eigenvalue weighted by molar-refractivity contribution is 0.0687. The molecule has 0 saturated heterocycles. The van der Waals surface area contributed by atoms with E-state index < -0.39 is 17.9 Å². The highest BCUT2D eigenvalue weighted by Gasteiger charge is 2.29. The number of nitrogens with zero attached hydrogens (tertiary/aromatic N) is 1. The van der Waals surface area contributed by atoms with Crippen molar-refractivity contribution in [2.24, 2.45) is 0 Å². The summed E-state index contributed by atoms with van der Waals surface area (Å²) in [6, 6.07) is 34.5. The second-order valence-electron chi connectivity index (χ2n) is 10.9. The van der Waals surface area contributed by atoms with Gasteiger partial charge in [0.15, 0.2) is 0 Å². The van der Waals surface area contributed by atoms with E-state index in [1.807, 2.05) is 30.3 Å². The number of carbonyl (C=O) groups is 2. The first-order chi connectivity index (χ1) is 21.9. The predicted octanol–water partition coefficient (Wildman–Crippen LogP) is 9.21. The minimum atomic E-state index is -1.20. The number of ether oxygens (including phenoxy) is 1. The Labute approximate surface area is 263 Å². The van der Waals surface area contributed by atoms with Gasteiger partial charge in [-0.05, 0) is 64.2 Å². The van der Waals surface area contributed by atoms with Crippen LogP contribution in [0.4, 0.5) is 14.9 Å². The molecule has 0 bridgehead atoms. The third-order valence-corrected chi connectivity index (χ3v) is 8.46. The van der Waals surface area contributed by atoms with Gasteiger partial charge in [0.1, 0.15) is 18.1 Å². The highest BCUT2D eigenvalue weighted by atomic mass is 35.5. The predicted molar refractivity (Wildman–Crippen MR) is 174 cm³/mol. The van der Waals surface area contributed by atoms with Crippen molar-refractivity contribution in [3.8, 4) is 22.3 Å². The third kappa shape index (κ3) is 5.21. The lowest BCUT2D eigenvalue weighted by Gasteiger charge is -2.15. The van der Waals surface area contributed by atoms with E-state index in [2.05, 4.69) is 29.6 Å². The summed E-state index contributed by atoms with van der Waals surface area (Å²) in [5.74, 6) is -1.80. The molecule has 222 valence electrons. The minimum Gasteiger partial charge on any atom is -0.477 e. The molecular weight excluding hydrogens is 591 g/mol. The average molecular weight is 617 g/mol. The van der Waals surface area contributed by atoms with Crippen molar-refractivity contribution in [3.05, 3.63) is 148 Å². The molecule has 1 heterocycles. The molecule has 0 radical (unpaired) electrons. The van der Waals surface area contributed by atoms with Crippen LogP contribution < -0.4 is 5.32 Å². The first-order valence-corrected chi connectivity index (χ1v) is 14.8. The SMILES string of the molecule is O=C(Nc1cccc(Cn2c(C(=O)O)c(-c3ccccc3F)c3cc(Cl)ccc32)c1)OCC1c2ccccc2-c2ccccc21. The largest absolute Gasteiger partial charge is 0.477 e. The van der Waals surface area contributed by atoms with Gasteiger partial charge in [-0.25, -0.2) is 14.0 Å². The maximum Gasteiger partial charge on any atom is 0.411 e. The van der Waals surface area contributed by atoms with Crippen LogP contribution in [0.15, 0.2) is 115 Å². The Morgan fingerprint density at radius 1 is 0.822 bits per heavy atom. The number of anilines is 1. The van der Waals surface area contributed by atoms with E-state index in [0.29, 0.717) is 21.6 Å². The van der Waals surface area contributed by atoms with Crippen molar-refractivity contribution in [1.82, 2.24) is 4.57 Å². The molecule has 6 nitrogen and oxygen atoms in total. The van der Waals surface area contributed by atoms with E-state index in [-0.39, 0.29) is 35.9 Å². The lowest BCUT2D eigenvalue weighted by Crippen LogP contribution is -2.18. The zero-order valence-corrected chi connectivity index (χ0v) is 24.6. The van der Waals surface area contributed by atoms with Crippen molar-refractivity contribution in [2.75, 3.05) is 11.9 Å². The maximum absolute atomic E-state index is 15.0. The maximum atomic E-state index is 15.0. The number of amides is 1. The monoisotopic (exact) mass is 616 g/mol. The summed E-state index contributed by atoms with van der Waals surface area (Å²) in [6.45, 7) is 0.326. The van der Waals surface area contributed by atoms with Gasteiger partial charge in [-0.3, -0.25) is 5.32 Å². The number of carbonyl (C=O) groups excluding carboxylic acids is 1. The van der Waals surface area contributed by atoms with Gasteiger partial charge in [-0.15, -0.1) is 0 Å². The van der Waals surface area contributed by atoms with Crippen LogP contribution in [-0.4, -0.2) is 28.3 Å². The summed E-state index contributed by atoms with van der Waals surface area (Å²) in [6.07, 6.45) is -0.594. The van der Waals surface area contributed by atoms with Gasteiger partial charge in [-0.2, -0.15) is 0 Å². The number of carboxylic acids is 1. The molecule has 1 aliphatic rings. The van der Waals surface area contributed by atoms with Crippen LogP contribution >= 0.6 is 11.6 Å². The Balaban J connectivity index is 1.15. The fraction of sp³-hybridized carbons (Fsp3) is 0.0811. The Morgan fingerprint density at radius 2 is 1.49 bits per heavy atom. The summed E-state index contributed by atoms with van der Waals surface area (Å²) < 4.78 is 22.3. The first kappa shape index (κ1) is 28.4. The number of aromatic nitrogens is 1. The fourth-order valence-corrected chi connectivity index (χ4v) is 6.50. The van der Waals surface area contributed by atoms with Crippen molar-refractivity contribution in [2.45, 2.75) is 12.5 Å². The van der Waals surface area contributed by atoms with E-state index in [1.165, 1.54) is 6.07 Å². The topological polar surface area (TPSA) is 80.6 Å². The van der Waals surface area contributed by atoms with E-state index in [9.17, 15) is 19.1 Å². The normalized spacial score (nSPS) is 12.1. The Kier molecular flexibility index (Phi) is 7.31. The second kappa shape index (κ2) is 11.6. The highest BCUT2D eigenvalue weighted by molar-refractivity contribution is 6.31. The van der Waals surface area contributed by atoms with Gasteiger partial charge in [-0.1, -0.05) is 90.5 Å². The molecule has 0 aliphatic heterocycles. The standard InChI is InChI=1S/C37H26ClFN2O4/c38-23-16-17-33-30(19-23)34(29-14-5-6-15-32(29)39)35(36(42)43)41(33)20-22-8-7-9-24(18-22)40-37(44)45-21-31-27-12-3-1-10-25(27)26-11-2-4-13-28(26)31/h1-19,31H,20-21H2,(H,40,44)(H,42,43). The van der Waals surface area contributed by atoms with Crippen LogP contribution in [0.25, 0.3) is 33.2 Å². The molecule has 2 N–H and O–H groups in total. The number of carboxylic acid groups (broad SMARTS) is 1. The fourth-order valence-electron chi connectivity index (χ4n) is 6.33. The number of fused-ring (bicyclic) bond motifs is 4. The van der Waals surface area contributed by atoms with E-state index in [0.717, 1.165) is 27.8 Å². The van der Waals surface area contributed by atoms with Crippen molar-refractivity contribution in [3.63, 3.8) is 0 Å². The zero-order chi connectivity index (χ0) is 31.1. The molecule has 0 fully saturated rings. The van der Waals surface area contributed by atoms with Gasteiger partial charge >= 0.3 is 12.1 Å². The van der Waals surface area contributed by atoms with Crippen LogP contribution in [0.3, 0.4) is 0 Å². The molecule has 0 spiro atoms. The molecule has 8 heteroatoms. The van der Waals surface area contributed by atoms with Crippen LogP contribution in [-0.2, 0) is 11.3 Å². The molecule has 7 rings (SSSR count). The Hall–Kier alpha value is -5.40. The smallest absolute Gasteiger partial charge is 0.411 e. The van der Waals surface area contributed by atoms with E-state index >= 15 is 0 Å². The van der Waals surface area contributed by atoms with Crippen molar-refractivity contribution in [1.29, 1.82) is 0 Å². The number of aromatic carboxylic acids is 1. The summed E-state index contributed by atoms with van der Waals surface area (Å²) in [4.78, 5) is 25.6. The minimum absolute atomic E-state index is 0.0627. The van der Waals surface area contributed by atoms with Crippen molar-refractivity contribution >= 4 is 40.3 Å². The first-order valence-electron chi connectivity index (χ1n) is 14.4. The molecule has 1 aliphatic carbocycles. The third-order valence-electron chi connectivity index (χ3n) is 8.23. The molecule has 0 unspecified atom stereocenters. The Bertz CT molecular complexity index is 2080. The summed E-state index contributed by atoms with van der Waals surface area (Å²) >= 11 is 6.30. The van der Waals surface area contributed by atoms with Gasteiger partial charge < -0.3 is 14.4 Å². The van der Waals surface area contributed by atoms with Gasteiger partial charge in [0.05, 0.1) is 0 Å². The van der Waals surface area contributed by atoms with Crippen LogP contribution in [0, 0.1) is 5.82 Å². The second-order valence-corrected chi connectivity index (χ2v) is 11.3. The van der Waals surface area contributed by atoms with E-state index in [1.54, 1.807) is 59.2 Å². The molecule has 0 atom stereocenters. The Morgan fingerprint density at radius 3 is 2.18 bits per heavy atom. The van der Waals surface area contributed by atoms with Crippen LogP contribution in [0.2, 0.25) is 5.02 Å². The molecule has 6 aromatic rings. The van der Waals surface area contributed by atoms with Crippen LogP contribution in [0.1, 0.15) is 33.1 Å². The quantitative estimate of drug-likeness (QED) is 0.187. The molecule has 45 heavy (non-hydrogen) atoms. The van der Waals surface area contributed by atoms with E-state index in [4.69, 9.17) is 16.3 Å². The number of rotatable bonds is 7. The molecular formula is C37H26ClFN2O4. The number of nitrogens with one attached hydrogen (secondary N) is 1. The molecule has 1 amide bonds. The number of hydrogen-bond acceptors (Lipinski definition) is 3. The zero-order valence-electron chi connectivity index (χ0n) is 23.8. The lowest BCUT2D eigenvalue weighted by atomic mass is 9.98. The average Bonchev–Trinajstić information content (AvgIpc) is 3.52.